The Bertz CT molecular complexity index is 386. The van der Waals surface area contributed by atoms with E-state index in [0.717, 1.165) is 11.5 Å². The molecule has 92 valence electrons. The third-order valence-electron chi connectivity index (χ3n) is 3.77. The fourth-order valence-electron chi connectivity index (χ4n) is 2.57. The van der Waals surface area contributed by atoms with E-state index in [9.17, 15) is 4.39 Å². The average molecular weight is 253 g/mol. The second kappa shape index (κ2) is 5.68. The van der Waals surface area contributed by atoms with Gasteiger partial charge in [0.05, 0.1) is 0 Å². The van der Waals surface area contributed by atoms with Gasteiger partial charge in [-0.1, -0.05) is 55.6 Å². The van der Waals surface area contributed by atoms with Crippen LogP contribution in [0.1, 0.15) is 49.7 Å². The molecule has 0 aliphatic heterocycles. The van der Waals surface area contributed by atoms with E-state index in [4.69, 9.17) is 11.6 Å². The molecule has 0 aromatic heterocycles. The van der Waals surface area contributed by atoms with Gasteiger partial charge in [-0.05, 0) is 30.2 Å². The standard InChI is InChI=1S/C15H18ClF/c1-11-2-4-12(5-3-11)13-6-8-14(9-7-13)15(17)10-16/h6-12H,2-5H2,1H3. The van der Waals surface area contributed by atoms with Crippen LogP contribution in [0.15, 0.2) is 29.8 Å². The molecule has 2 heteroatoms. The van der Waals surface area contributed by atoms with E-state index in [1.54, 1.807) is 0 Å². The molecule has 17 heavy (non-hydrogen) atoms. The highest BCUT2D eigenvalue weighted by atomic mass is 35.5. The highest BCUT2D eigenvalue weighted by Crippen LogP contribution is 2.35. The van der Waals surface area contributed by atoms with Gasteiger partial charge in [-0.2, -0.15) is 0 Å². The van der Waals surface area contributed by atoms with Crippen molar-refractivity contribution in [2.75, 3.05) is 0 Å². The Morgan fingerprint density at radius 3 is 2.29 bits per heavy atom. The first-order valence-electron chi connectivity index (χ1n) is 6.27. The number of hydrogen-bond acceptors (Lipinski definition) is 0. The molecular formula is C15H18ClF. The van der Waals surface area contributed by atoms with Crippen molar-refractivity contribution < 1.29 is 4.39 Å². The summed E-state index contributed by atoms with van der Waals surface area (Å²) in [5.41, 5.74) is 2.88. The molecule has 2 rings (SSSR count). The van der Waals surface area contributed by atoms with Gasteiger partial charge in [-0.15, -0.1) is 0 Å². The van der Waals surface area contributed by atoms with Crippen molar-refractivity contribution in [2.24, 2.45) is 5.92 Å². The Morgan fingerprint density at radius 2 is 1.76 bits per heavy atom. The normalized spacial score (nSPS) is 25.9. The molecule has 0 heterocycles. The predicted octanol–water partition coefficient (Wildman–Crippen LogP) is 5.49. The van der Waals surface area contributed by atoms with Gasteiger partial charge in [0.1, 0.15) is 5.83 Å². The monoisotopic (exact) mass is 252 g/mol. The molecular weight excluding hydrogens is 235 g/mol. The van der Waals surface area contributed by atoms with Gasteiger partial charge >= 0.3 is 0 Å². The van der Waals surface area contributed by atoms with E-state index in [1.165, 1.54) is 31.2 Å². The van der Waals surface area contributed by atoms with Crippen molar-refractivity contribution in [1.29, 1.82) is 0 Å². The van der Waals surface area contributed by atoms with E-state index < -0.39 is 0 Å². The lowest BCUT2D eigenvalue weighted by Gasteiger charge is -2.26. The smallest absolute Gasteiger partial charge is 0.141 e. The summed E-state index contributed by atoms with van der Waals surface area (Å²) < 4.78 is 13.2. The minimum Gasteiger partial charge on any atom is -0.205 e. The van der Waals surface area contributed by atoms with Crippen molar-refractivity contribution in [1.82, 2.24) is 0 Å². The molecule has 1 saturated carbocycles. The topological polar surface area (TPSA) is 0 Å². The van der Waals surface area contributed by atoms with Gasteiger partial charge in [-0.3, -0.25) is 0 Å². The fraction of sp³-hybridized carbons (Fsp3) is 0.467. The summed E-state index contributed by atoms with van der Waals surface area (Å²) in [6.07, 6.45) is 5.13. The van der Waals surface area contributed by atoms with E-state index >= 15 is 0 Å². The Hall–Kier alpha value is -0.820. The fourth-order valence-corrected chi connectivity index (χ4v) is 2.70. The quantitative estimate of drug-likeness (QED) is 0.653. The van der Waals surface area contributed by atoms with Crippen LogP contribution in [-0.4, -0.2) is 0 Å². The van der Waals surface area contributed by atoms with Crippen LogP contribution in [0.4, 0.5) is 4.39 Å². The molecule has 0 N–H and O–H groups in total. The van der Waals surface area contributed by atoms with Crippen LogP contribution in [0, 0.1) is 5.92 Å². The van der Waals surface area contributed by atoms with Gasteiger partial charge in [0.2, 0.25) is 0 Å². The second-order valence-corrected chi connectivity index (χ2v) is 5.25. The lowest BCUT2D eigenvalue weighted by Crippen LogP contribution is -2.10. The van der Waals surface area contributed by atoms with Crippen LogP contribution in [0.3, 0.4) is 0 Å². The zero-order valence-electron chi connectivity index (χ0n) is 10.1. The minimum absolute atomic E-state index is 0.365. The summed E-state index contributed by atoms with van der Waals surface area (Å²) in [5, 5.41) is 0. The highest BCUT2D eigenvalue weighted by molar-refractivity contribution is 6.27. The van der Waals surface area contributed by atoms with Crippen LogP contribution in [0.2, 0.25) is 0 Å². The largest absolute Gasteiger partial charge is 0.205 e. The van der Waals surface area contributed by atoms with E-state index in [1.807, 2.05) is 24.3 Å². The molecule has 1 aromatic carbocycles. The van der Waals surface area contributed by atoms with E-state index in [-0.39, 0.29) is 5.83 Å². The Balaban J connectivity index is 2.08. The molecule has 1 aliphatic rings. The summed E-state index contributed by atoms with van der Waals surface area (Å²) in [4.78, 5) is 0. The molecule has 0 atom stereocenters. The lowest BCUT2D eigenvalue weighted by molar-refractivity contribution is 0.348. The maximum absolute atomic E-state index is 13.2. The number of rotatable bonds is 2. The first kappa shape index (κ1) is 12.6. The summed E-state index contributed by atoms with van der Waals surface area (Å²) in [7, 11) is 0. The van der Waals surface area contributed by atoms with Crippen molar-refractivity contribution in [3.8, 4) is 0 Å². The Morgan fingerprint density at radius 1 is 1.18 bits per heavy atom. The SMILES string of the molecule is CC1CCC(c2ccc(C(F)=CCl)cc2)CC1. The molecule has 0 spiro atoms. The zero-order chi connectivity index (χ0) is 12.3. The molecule has 0 unspecified atom stereocenters. The van der Waals surface area contributed by atoms with Gasteiger partial charge in [0.25, 0.3) is 0 Å². The highest BCUT2D eigenvalue weighted by Gasteiger charge is 2.19. The number of halogens is 2. The van der Waals surface area contributed by atoms with Crippen molar-refractivity contribution in [2.45, 2.75) is 38.5 Å². The van der Waals surface area contributed by atoms with Crippen molar-refractivity contribution in [3.63, 3.8) is 0 Å². The van der Waals surface area contributed by atoms with Gasteiger partial charge in [0.15, 0.2) is 0 Å². The molecule has 0 nitrogen and oxygen atoms in total. The molecule has 1 aromatic rings. The minimum atomic E-state index is -0.365. The molecule has 1 aliphatic carbocycles. The van der Waals surface area contributed by atoms with Gasteiger partial charge in [0, 0.05) is 11.1 Å². The molecule has 1 fully saturated rings. The van der Waals surface area contributed by atoms with Crippen molar-refractivity contribution in [3.05, 3.63) is 40.9 Å². The maximum atomic E-state index is 13.2. The molecule has 0 saturated heterocycles. The summed E-state index contributed by atoms with van der Waals surface area (Å²) in [6.45, 7) is 2.32. The van der Waals surface area contributed by atoms with Crippen LogP contribution in [0.5, 0.6) is 0 Å². The van der Waals surface area contributed by atoms with Crippen molar-refractivity contribution >= 4 is 17.4 Å². The second-order valence-electron chi connectivity index (χ2n) is 5.04. The van der Waals surface area contributed by atoms with Crippen LogP contribution >= 0.6 is 11.6 Å². The van der Waals surface area contributed by atoms with Gasteiger partial charge < -0.3 is 0 Å². The Labute approximate surface area is 107 Å². The molecule has 0 bridgehead atoms. The lowest BCUT2D eigenvalue weighted by atomic mass is 9.79. The third-order valence-corrected chi connectivity index (χ3v) is 3.96. The zero-order valence-corrected chi connectivity index (χ0v) is 10.9. The Kier molecular flexibility index (Phi) is 4.22. The number of hydrogen-bond donors (Lipinski definition) is 0. The summed E-state index contributed by atoms with van der Waals surface area (Å²) >= 11 is 5.35. The molecule has 0 amide bonds. The summed E-state index contributed by atoms with van der Waals surface area (Å²) in [6, 6.07) is 7.72. The van der Waals surface area contributed by atoms with Gasteiger partial charge in [-0.25, -0.2) is 4.39 Å². The van der Waals surface area contributed by atoms with Crippen LogP contribution in [-0.2, 0) is 0 Å². The van der Waals surface area contributed by atoms with E-state index in [2.05, 4.69) is 6.92 Å². The summed E-state index contributed by atoms with van der Waals surface area (Å²) in [5.74, 6) is 1.15. The average Bonchev–Trinajstić information content (AvgIpc) is 2.39. The first-order chi connectivity index (χ1) is 8.20. The molecule has 0 radical (unpaired) electrons. The number of benzene rings is 1. The van der Waals surface area contributed by atoms with E-state index in [0.29, 0.717) is 11.5 Å². The predicted molar refractivity (Wildman–Crippen MR) is 71.8 cm³/mol. The maximum Gasteiger partial charge on any atom is 0.141 e. The first-order valence-corrected chi connectivity index (χ1v) is 6.70. The van der Waals surface area contributed by atoms with Crippen LogP contribution in [0.25, 0.3) is 5.83 Å². The van der Waals surface area contributed by atoms with Crippen LogP contribution < -0.4 is 0 Å². The third kappa shape index (κ3) is 3.10.